The summed E-state index contributed by atoms with van der Waals surface area (Å²) in [6.07, 6.45) is 2.44. The van der Waals surface area contributed by atoms with Crippen LogP contribution in [0.2, 0.25) is 5.02 Å². The van der Waals surface area contributed by atoms with Crippen LogP contribution in [-0.4, -0.2) is 24.5 Å². The van der Waals surface area contributed by atoms with Crippen LogP contribution in [0, 0.1) is 0 Å². The van der Waals surface area contributed by atoms with E-state index in [0.717, 1.165) is 30.7 Å². The molecule has 1 amide bonds. The Morgan fingerprint density at radius 3 is 2.74 bits per heavy atom. The number of rotatable bonds is 4. The molecular weight excluding hydrogens is 310 g/mol. The van der Waals surface area contributed by atoms with Crippen molar-refractivity contribution >= 4 is 17.5 Å². The van der Waals surface area contributed by atoms with Crippen LogP contribution < -0.4 is 4.74 Å². The van der Waals surface area contributed by atoms with Gasteiger partial charge in [-0.3, -0.25) is 4.79 Å². The number of ether oxygens (including phenoxy) is 1. The van der Waals surface area contributed by atoms with Gasteiger partial charge in [0.1, 0.15) is 5.75 Å². The average molecular weight is 330 g/mol. The number of methoxy groups -OCH3 is 1. The largest absolute Gasteiger partial charge is 0.497 e. The summed E-state index contributed by atoms with van der Waals surface area (Å²) in [5.74, 6) is 0.995. The molecule has 0 radical (unpaired) electrons. The molecule has 0 aromatic heterocycles. The molecule has 1 atom stereocenters. The number of benzene rings is 2. The molecule has 0 aliphatic carbocycles. The molecule has 1 aliphatic rings. The molecule has 3 nitrogen and oxygen atoms in total. The summed E-state index contributed by atoms with van der Waals surface area (Å²) >= 11 is 6.00. The number of hydrogen-bond acceptors (Lipinski definition) is 2. The normalized spacial score (nSPS) is 17.3. The second-order valence-electron chi connectivity index (χ2n) is 5.83. The highest BCUT2D eigenvalue weighted by Gasteiger charge is 2.29. The molecule has 1 heterocycles. The van der Waals surface area contributed by atoms with Gasteiger partial charge in [0.2, 0.25) is 5.91 Å². The minimum atomic E-state index is 0.158. The van der Waals surface area contributed by atoms with E-state index in [1.54, 1.807) is 7.11 Å². The van der Waals surface area contributed by atoms with Crippen molar-refractivity contribution in [3.63, 3.8) is 0 Å². The third kappa shape index (κ3) is 3.67. The Bertz CT molecular complexity index is 684. The van der Waals surface area contributed by atoms with Crippen molar-refractivity contribution in [2.75, 3.05) is 13.7 Å². The van der Waals surface area contributed by atoms with Gasteiger partial charge in [-0.2, -0.15) is 0 Å². The van der Waals surface area contributed by atoms with Gasteiger partial charge in [0.25, 0.3) is 0 Å². The van der Waals surface area contributed by atoms with Crippen molar-refractivity contribution in [3.8, 4) is 5.75 Å². The Labute approximate surface area is 141 Å². The maximum atomic E-state index is 12.7. The number of likely N-dealkylation sites (tertiary alicyclic amines) is 1. The van der Waals surface area contributed by atoms with Crippen LogP contribution in [0.25, 0.3) is 0 Å². The van der Waals surface area contributed by atoms with E-state index in [1.807, 2.05) is 41.3 Å². The van der Waals surface area contributed by atoms with Crippen LogP contribution >= 0.6 is 11.6 Å². The molecule has 1 aliphatic heterocycles. The first-order valence-electron chi connectivity index (χ1n) is 7.85. The summed E-state index contributed by atoms with van der Waals surface area (Å²) in [7, 11) is 1.66. The molecule has 1 unspecified atom stereocenters. The molecular formula is C19H20ClNO2. The van der Waals surface area contributed by atoms with Crippen molar-refractivity contribution in [1.29, 1.82) is 0 Å². The number of amides is 1. The van der Waals surface area contributed by atoms with Gasteiger partial charge in [0.05, 0.1) is 19.6 Å². The van der Waals surface area contributed by atoms with E-state index < -0.39 is 0 Å². The predicted octanol–water partition coefficient (Wildman–Crippen LogP) is 4.25. The Hall–Kier alpha value is -2.00. The van der Waals surface area contributed by atoms with Crippen LogP contribution in [-0.2, 0) is 11.2 Å². The molecule has 0 bridgehead atoms. The molecule has 0 saturated carbocycles. The highest BCUT2D eigenvalue weighted by atomic mass is 35.5. The highest BCUT2D eigenvalue weighted by molar-refractivity contribution is 6.30. The minimum Gasteiger partial charge on any atom is -0.497 e. The van der Waals surface area contributed by atoms with Crippen LogP contribution in [0.5, 0.6) is 5.75 Å². The third-order valence-corrected chi connectivity index (χ3v) is 4.55. The lowest BCUT2D eigenvalue weighted by atomic mass is 10.0. The highest BCUT2D eigenvalue weighted by Crippen LogP contribution is 2.33. The summed E-state index contributed by atoms with van der Waals surface area (Å²) in [6.45, 7) is 0.816. The lowest BCUT2D eigenvalue weighted by Gasteiger charge is -2.25. The van der Waals surface area contributed by atoms with Crippen LogP contribution in [0.15, 0.2) is 48.5 Å². The van der Waals surface area contributed by atoms with Crippen LogP contribution in [0.1, 0.15) is 30.0 Å². The van der Waals surface area contributed by atoms with Crippen molar-refractivity contribution in [1.82, 2.24) is 4.90 Å². The van der Waals surface area contributed by atoms with E-state index in [0.29, 0.717) is 11.4 Å². The van der Waals surface area contributed by atoms with E-state index in [1.165, 1.54) is 5.56 Å². The van der Waals surface area contributed by atoms with E-state index in [-0.39, 0.29) is 11.9 Å². The zero-order chi connectivity index (χ0) is 16.2. The Balaban J connectivity index is 1.73. The maximum absolute atomic E-state index is 12.7. The average Bonchev–Trinajstić information content (AvgIpc) is 3.05. The number of carbonyl (C=O) groups excluding carboxylic acids is 1. The van der Waals surface area contributed by atoms with Gasteiger partial charge in [-0.25, -0.2) is 0 Å². The molecule has 4 heteroatoms. The first kappa shape index (κ1) is 15.9. The zero-order valence-electron chi connectivity index (χ0n) is 13.2. The van der Waals surface area contributed by atoms with Gasteiger partial charge in [-0.1, -0.05) is 35.9 Å². The summed E-state index contributed by atoms with van der Waals surface area (Å²) in [6, 6.07) is 15.7. The molecule has 1 saturated heterocycles. The summed E-state index contributed by atoms with van der Waals surface area (Å²) in [5, 5.41) is 0.670. The molecule has 2 aromatic rings. The van der Waals surface area contributed by atoms with Crippen LogP contribution in [0.3, 0.4) is 0 Å². The van der Waals surface area contributed by atoms with Crippen molar-refractivity contribution in [2.24, 2.45) is 0 Å². The van der Waals surface area contributed by atoms with Gasteiger partial charge < -0.3 is 9.64 Å². The first-order chi connectivity index (χ1) is 11.2. The maximum Gasteiger partial charge on any atom is 0.227 e. The monoisotopic (exact) mass is 329 g/mol. The number of hydrogen-bond donors (Lipinski definition) is 0. The van der Waals surface area contributed by atoms with E-state index in [4.69, 9.17) is 16.3 Å². The van der Waals surface area contributed by atoms with Crippen molar-refractivity contribution < 1.29 is 9.53 Å². The Morgan fingerprint density at radius 1 is 1.26 bits per heavy atom. The summed E-state index contributed by atoms with van der Waals surface area (Å²) in [5.41, 5.74) is 2.13. The van der Waals surface area contributed by atoms with E-state index in [9.17, 15) is 4.79 Å². The van der Waals surface area contributed by atoms with Crippen molar-refractivity contribution in [3.05, 3.63) is 64.7 Å². The van der Waals surface area contributed by atoms with Crippen LogP contribution in [0.4, 0.5) is 0 Å². The Kier molecular flexibility index (Phi) is 4.87. The topological polar surface area (TPSA) is 29.5 Å². The SMILES string of the molecule is COc1ccc(C2CCCN2C(=O)Cc2cccc(Cl)c2)cc1. The zero-order valence-corrected chi connectivity index (χ0v) is 13.9. The minimum absolute atomic E-state index is 0.158. The molecule has 3 rings (SSSR count). The van der Waals surface area contributed by atoms with Gasteiger partial charge in [0, 0.05) is 11.6 Å². The van der Waals surface area contributed by atoms with Gasteiger partial charge in [0.15, 0.2) is 0 Å². The second-order valence-corrected chi connectivity index (χ2v) is 6.26. The molecule has 0 spiro atoms. The third-order valence-electron chi connectivity index (χ3n) is 4.32. The smallest absolute Gasteiger partial charge is 0.227 e. The lowest BCUT2D eigenvalue weighted by Crippen LogP contribution is -2.31. The lowest BCUT2D eigenvalue weighted by molar-refractivity contribution is -0.131. The summed E-state index contributed by atoms with van der Waals surface area (Å²) in [4.78, 5) is 14.7. The molecule has 23 heavy (non-hydrogen) atoms. The predicted molar refractivity (Wildman–Crippen MR) is 91.8 cm³/mol. The molecule has 0 N–H and O–H groups in total. The molecule has 2 aromatic carbocycles. The van der Waals surface area contributed by atoms with Crippen molar-refractivity contribution in [2.45, 2.75) is 25.3 Å². The quantitative estimate of drug-likeness (QED) is 0.839. The molecule has 1 fully saturated rings. The van der Waals surface area contributed by atoms with E-state index >= 15 is 0 Å². The van der Waals surface area contributed by atoms with E-state index in [2.05, 4.69) is 12.1 Å². The van der Waals surface area contributed by atoms with Gasteiger partial charge in [-0.15, -0.1) is 0 Å². The standard InChI is InChI=1S/C19H20ClNO2/c1-23-17-9-7-15(8-10-17)18-6-3-11-21(18)19(22)13-14-4-2-5-16(20)12-14/h2,4-5,7-10,12,18H,3,6,11,13H2,1H3. The summed E-state index contributed by atoms with van der Waals surface area (Å²) < 4.78 is 5.20. The number of halogens is 1. The second kappa shape index (κ2) is 7.05. The Morgan fingerprint density at radius 2 is 2.04 bits per heavy atom. The van der Waals surface area contributed by atoms with Gasteiger partial charge in [-0.05, 0) is 48.2 Å². The van der Waals surface area contributed by atoms with Gasteiger partial charge >= 0.3 is 0 Å². The fraction of sp³-hybridized carbons (Fsp3) is 0.316. The first-order valence-corrected chi connectivity index (χ1v) is 8.23. The fourth-order valence-corrected chi connectivity index (χ4v) is 3.37. The molecule has 120 valence electrons. The fourth-order valence-electron chi connectivity index (χ4n) is 3.16. The number of carbonyl (C=O) groups is 1. The number of nitrogens with zero attached hydrogens (tertiary/aromatic N) is 1.